The van der Waals surface area contributed by atoms with E-state index in [1.165, 1.54) is 31.4 Å². The number of hydrogen-bond acceptors (Lipinski definition) is 6. The van der Waals surface area contributed by atoms with Gasteiger partial charge in [-0.25, -0.2) is 9.37 Å². The highest BCUT2D eigenvalue weighted by atomic mass is 19.1. The van der Waals surface area contributed by atoms with Crippen LogP contribution >= 0.6 is 0 Å². The summed E-state index contributed by atoms with van der Waals surface area (Å²) in [5.41, 5.74) is 2.70. The Balaban J connectivity index is 0.794. The van der Waals surface area contributed by atoms with Crippen LogP contribution in [0.4, 0.5) is 4.39 Å². The van der Waals surface area contributed by atoms with Gasteiger partial charge in [-0.1, -0.05) is 71.4 Å². The minimum atomic E-state index is -0.273. The molecule has 7 aliphatic rings. The van der Waals surface area contributed by atoms with Gasteiger partial charge in [0.25, 0.3) is 0 Å². The van der Waals surface area contributed by atoms with Crippen LogP contribution in [0, 0.1) is 74.8 Å². The number of ether oxygens (including phenoxy) is 2. The van der Waals surface area contributed by atoms with E-state index in [2.05, 4.69) is 37.6 Å². The van der Waals surface area contributed by atoms with Gasteiger partial charge < -0.3 is 19.4 Å². The second kappa shape index (κ2) is 15.6. The lowest BCUT2D eigenvalue weighted by atomic mass is 9.36. The zero-order chi connectivity index (χ0) is 43.2. The topological polar surface area (TPSA) is 102 Å². The number of likely N-dealkylation sites (tertiary alicyclic amines) is 1. The Morgan fingerprint density at radius 2 is 1.55 bits per heavy atom. The number of aromatic nitrogens is 2. The quantitative estimate of drug-likeness (QED) is 0.227. The molecule has 2 heterocycles. The molecule has 0 radical (unpaired) electrons. The molecule has 1 N–H and O–H groups in total. The highest BCUT2D eigenvalue weighted by Crippen LogP contribution is 2.73. The summed E-state index contributed by atoms with van der Waals surface area (Å²) in [6.07, 6.45) is 16.3. The van der Waals surface area contributed by atoms with E-state index in [-0.39, 0.29) is 75.9 Å². The van der Waals surface area contributed by atoms with Gasteiger partial charge in [-0.05, 0) is 165 Å². The molecule has 3 aromatic rings. The smallest absolute Gasteiger partial charge is 0.309 e. The Labute approximate surface area is 367 Å². The molecule has 6 aliphatic carbocycles. The van der Waals surface area contributed by atoms with Gasteiger partial charge >= 0.3 is 11.9 Å². The van der Waals surface area contributed by atoms with Crippen molar-refractivity contribution in [3.8, 4) is 11.3 Å². The number of H-pyrrole nitrogens is 1. The van der Waals surface area contributed by atoms with E-state index >= 15 is 4.79 Å². The van der Waals surface area contributed by atoms with Crippen LogP contribution in [0.3, 0.4) is 0 Å². The fraction of sp³-hybridized carbons (Fsp3) is 0.660. The Hall–Kier alpha value is -4.01. The number of nitrogens with zero attached hydrogens (tertiary/aromatic N) is 2. The van der Waals surface area contributed by atoms with Gasteiger partial charge in [0.05, 0.1) is 35.2 Å². The summed E-state index contributed by atoms with van der Waals surface area (Å²) in [5.74, 6) is 2.74. The average Bonchev–Trinajstić information content (AvgIpc) is 4.05. The number of aromatic amines is 1. The van der Waals surface area contributed by atoms with E-state index in [1.54, 1.807) is 12.1 Å². The van der Waals surface area contributed by atoms with Crippen molar-refractivity contribution in [2.24, 2.45) is 69.0 Å². The monoisotopic (exact) mass is 846 g/mol. The van der Waals surface area contributed by atoms with Crippen molar-refractivity contribution in [3.63, 3.8) is 0 Å². The molecular weight excluding hydrogens is 778 g/mol. The molecule has 8 nitrogen and oxygen atoms in total. The van der Waals surface area contributed by atoms with Crippen molar-refractivity contribution in [2.45, 2.75) is 143 Å². The molecule has 13 atom stereocenters. The number of nitrogens with one attached hydrogen (secondary N) is 1. The molecule has 1 aliphatic heterocycles. The standard InChI is InChI=1S/C53H68FN3O5/c1-32-37(47(58)61-31-33-11-7-6-8-12-33)29-38(32)48(59)62-45-23-26-52(5)43(50(45,2)3)22-25-51(4)39-21-27-53(24-9-13-40(53)36(39)19-20-44(51)52)49(60)57-28-10-14-42(57)46-55-30-41(56-46)34-15-17-35(54)18-16-34/h6-8,11-12,15-18,30,32,36-40,42-45H,9-10,13-14,19-29,31H2,1-5H3,(H,55,56). The van der Waals surface area contributed by atoms with Crippen molar-refractivity contribution >= 4 is 17.8 Å². The van der Waals surface area contributed by atoms with Crippen molar-refractivity contribution in [2.75, 3.05) is 6.54 Å². The van der Waals surface area contributed by atoms with Gasteiger partial charge in [-0.3, -0.25) is 14.4 Å². The van der Waals surface area contributed by atoms with E-state index in [1.807, 2.05) is 43.5 Å². The molecule has 0 spiro atoms. The second-order valence-electron chi connectivity index (χ2n) is 22.2. The zero-order valence-corrected chi connectivity index (χ0v) is 37.7. The predicted octanol–water partition coefficient (Wildman–Crippen LogP) is 11.3. The number of hydrogen-bond donors (Lipinski definition) is 1. The molecule has 13 unspecified atom stereocenters. The van der Waals surface area contributed by atoms with Crippen LogP contribution in [0.5, 0.6) is 0 Å². The largest absolute Gasteiger partial charge is 0.462 e. The summed E-state index contributed by atoms with van der Waals surface area (Å²) >= 11 is 0. The van der Waals surface area contributed by atoms with E-state index < -0.39 is 0 Å². The third-order valence-corrected chi connectivity index (χ3v) is 19.3. The summed E-state index contributed by atoms with van der Waals surface area (Å²) in [6, 6.07) is 16.2. The maximum Gasteiger partial charge on any atom is 0.309 e. The SMILES string of the molecule is CC1C(C(=O)OCc2ccccc2)CC1C(=O)OC1CCC2(C)C(CCC3(C)C4CCC5(C(=O)N6CCCC6c6ncc(-c7ccc(F)cc7)[nH]6)CCCC5C4CCC32)C1(C)C. The normalized spacial score (nSPS) is 39.4. The molecule has 7 fully saturated rings. The van der Waals surface area contributed by atoms with E-state index in [9.17, 15) is 14.0 Å². The summed E-state index contributed by atoms with van der Waals surface area (Å²) in [6.45, 7) is 13.0. The molecule has 0 bridgehead atoms. The van der Waals surface area contributed by atoms with Crippen molar-refractivity contribution in [1.82, 2.24) is 14.9 Å². The maximum absolute atomic E-state index is 15.1. The number of rotatable bonds is 8. The van der Waals surface area contributed by atoms with Gasteiger partial charge in [-0.15, -0.1) is 0 Å². The highest BCUT2D eigenvalue weighted by molar-refractivity contribution is 5.84. The van der Waals surface area contributed by atoms with E-state index in [0.29, 0.717) is 41.9 Å². The fourth-order valence-electron chi connectivity index (χ4n) is 16.1. The minimum absolute atomic E-state index is 0.0470. The molecule has 1 amide bonds. The molecular formula is C53H68FN3O5. The van der Waals surface area contributed by atoms with Crippen molar-refractivity contribution < 1.29 is 28.2 Å². The molecule has 332 valence electrons. The molecule has 62 heavy (non-hydrogen) atoms. The van der Waals surface area contributed by atoms with Gasteiger partial charge in [0, 0.05) is 12.0 Å². The summed E-state index contributed by atoms with van der Waals surface area (Å²) in [5, 5.41) is 0. The second-order valence-corrected chi connectivity index (χ2v) is 22.2. The predicted molar refractivity (Wildman–Crippen MR) is 235 cm³/mol. The molecule has 10 rings (SSSR count). The highest BCUT2D eigenvalue weighted by Gasteiger charge is 2.68. The maximum atomic E-state index is 15.1. The molecule has 1 aromatic heterocycles. The van der Waals surface area contributed by atoms with Crippen LogP contribution in [-0.4, -0.2) is 45.4 Å². The number of carbonyl (C=O) groups is 3. The average molecular weight is 846 g/mol. The number of carbonyl (C=O) groups excluding carboxylic acids is 3. The summed E-state index contributed by atoms with van der Waals surface area (Å²) < 4.78 is 25.8. The van der Waals surface area contributed by atoms with Crippen LogP contribution < -0.4 is 0 Å². The Bertz CT molecular complexity index is 2170. The van der Waals surface area contributed by atoms with Gasteiger partial charge in [-0.2, -0.15) is 0 Å². The molecule has 1 saturated heterocycles. The first-order valence-electron chi connectivity index (χ1n) is 24.3. The first kappa shape index (κ1) is 42.0. The van der Waals surface area contributed by atoms with Gasteiger partial charge in [0.15, 0.2) is 0 Å². The number of halogens is 1. The lowest BCUT2D eigenvalue weighted by molar-refractivity contribution is -0.225. The number of imidazole rings is 1. The summed E-state index contributed by atoms with van der Waals surface area (Å²) in [4.78, 5) is 52.4. The van der Waals surface area contributed by atoms with Crippen molar-refractivity contribution in [3.05, 3.63) is 78.0 Å². The van der Waals surface area contributed by atoms with Crippen LogP contribution in [0.25, 0.3) is 11.3 Å². The van der Waals surface area contributed by atoms with E-state index in [0.717, 1.165) is 93.4 Å². The Morgan fingerprint density at radius 3 is 2.32 bits per heavy atom. The first-order chi connectivity index (χ1) is 29.7. The number of esters is 2. The number of fused-ring (bicyclic) bond motifs is 7. The van der Waals surface area contributed by atoms with Gasteiger partial charge in [0.1, 0.15) is 24.4 Å². The van der Waals surface area contributed by atoms with Crippen LogP contribution in [0.15, 0.2) is 60.8 Å². The zero-order valence-electron chi connectivity index (χ0n) is 37.7. The lowest BCUT2D eigenvalue weighted by Gasteiger charge is -2.69. The molecule has 6 saturated carbocycles. The van der Waals surface area contributed by atoms with Crippen LogP contribution in [-0.2, 0) is 30.5 Å². The van der Waals surface area contributed by atoms with Crippen molar-refractivity contribution in [1.29, 1.82) is 0 Å². The van der Waals surface area contributed by atoms with E-state index in [4.69, 9.17) is 14.5 Å². The number of amides is 1. The van der Waals surface area contributed by atoms with Crippen LogP contribution in [0.2, 0.25) is 0 Å². The third kappa shape index (κ3) is 6.61. The lowest BCUT2D eigenvalue weighted by Crippen LogP contribution is -2.64. The van der Waals surface area contributed by atoms with Crippen LogP contribution in [0.1, 0.15) is 142 Å². The molecule has 9 heteroatoms. The Morgan fingerprint density at radius 1 is 0.790 bits per heavy atom. The third-order valence-electron chi connectivity index (χ3n) is 19.3. The minimum Gasteiger partial charge on any atom is -0.462 e. The number of benzene rings is 2. The Kier molecular flexibility index (Phi) is 10.6. The fourth-order valence-corrected chi connectivity index (χ4v) is 16.1. The molecule has 2 aromatic carbocycles. The van der Waals surface area contributed by atoms with Gasteiger partial charge in [0.2, 0.25) is 5.91 Å². The first-order valence-corrected chi connectivity index (χ1v) is 24.3. The summed E-state index contributed by atoms with van der Waals surface area (Å²) in [7, 11) is 0.